The molecule has 18 heavy (non-hydrogen) atoms. The highest BCUT2D eigenvalue weighted by atomic mass is 35.5. The van der Waals surface area contributed by atoms with Gasteiger partial charge in [-0.05, 0) is 6.07 Å². The van der Waals surface area contributed by atoms with Crippen molar-refractivity contribution in [3.8, 4) is 0 Å². The number of ether oxygens (including phenoxy) is 1. The minimum atomic E-state index is -0.289. The van der Waals surface area contributed by atoms with Crippen molar-refractivity contribution in [3.05, 3.63) is 28.8 Å². The average molecular weight is 270 g/mol. The Balaban J connectivity index is 2.86. The van der Waals surface area contributed by atoms with E-state index in [1.165, 1.54) is 0 Å². The zero-order valence-electron chi connectivity index (χ0n) is 10.5. The first-order chi connectivity index (χ1) is 8.58. The molecule has 4 nitrogen and oxygen atoms in total. The Morgan fingerprint density at radius 1 is 1.28 bits per heavy atom. The van der Waals surface area contributed by atoms with Gasteiger partial charge in [0.1, 0.15) is 6.61 Å². The second-order valence-electron chi connectivity index (χ2n) is 3.69. The number of anilines is 1. The van der Waals surface area contributed by atoms with E-state index in [0.29, 0.717) is 29.1 Å². The van der Waals surface area contributed by atoms with Crippen molar-refractivity contribution in [2.24, 2.45) is 0 Å². The van der Waals surface area contributed by atoms with Gasteiger partial charge in [0.25, 0.3) is 0 Å². The molecule has 0 radical (unpaired) electrons. The van der Waals surface area contributed by atoms with E-state index >= 15 is 0 Å². The van der Waals surface area contributed by atoms with Crippen molar-refractivity contribution in [2.75, 3.05) is 5.32 Å². The van der Waals surface area contributed by atoms with Crippen LogP contribution in [-0.4, -0.2) is 11.9 Å². The number of hydrogen-bond acceptors (Lipinski definition) is 3. The van der Waals surface area contributed by atoms with Gasteiger partial charge in [0.15, 0.2) is 0 Å². The molecule has 0 saturated carbocycles. The minimum Gasteiger partial charge on any atom is -0.461 e. The van der Waals surface area contributed by atoms with Crippen LogP contribution in [0.2, 0.25) is 5.02 Å². The zero-order valence-corrected chi connectivity index (χ0v) is 11.2. The number of carbonyl (C=O) groups excluding carboxylic acids is 2. The fourth-order valence-electron chi connectivity index (χ4n) is 1.32. The van der Waals surface area contributed by atoms with E-state index in [-0.39, 0.29) is 18.5 Å². The van der Waals surface area contributed by atoms with E-state index in [1.807, 2.05) is 0 Å². The van der Waals surface area contributed by atoms with E-state index in [4.69, 9.17) is 16.3 Å². The number of hydrogen-bond donors (Lipinski definition) is 1. The molecule has 0 bridgehead atoms. The highest BCUT2D eigenvalue weighted by Crippen LogP contribution is 2.26. The number of halogens is 1. The third-order valence-electron chi connectivity index (χ3n) is 2.36. The second kappa shape index (κ2) is 7.01. The third kappa shape index (κ3) is 4.04. The van der Waals surface area contributed by atoms with Crippen LogP contribution in [0.1, 0.15) is 32.3 Å². The molecule has 98 valence electrons. The molecular weight excluding hydrogens is 254 g/mol. The van der Waals surface area contributed by atoms with Gasteiger partial charge in [0, 0.05) is 18.4 Å². The molecule has 0 heterocycles. The number of para-hydroxylation sites is 1. The zero-order chi connectivity index (χ0) is 13.5. The van der Waals surface area contributed by atoms with Crippen LogP contribution >= 0.6 is 11.6 Å². The summed E-state index contributed by atoms with van der Waals surface area (Å²) in [6.45, 7) is 3.58. The van der Waals surface area contributed by atoms with Crippen LogP contribution in [0.25, 0.3) is 0 Å². The van der Waals surface area contributed by atoms with Crippen molar-refractivity contribution in [2.45, 2.75) is 33.3 Å². The van der Waals surface area contributed by atoms with Crippen LogP contribution in [0.5, 0.6) is 0 Å². The van der Waals surface area contributed by atoms with Gasteiger partial charge in [-0.25, -0.2) is 0 Å². The van der Waals surface area contributed by atoms with Gasteiger partial charge in [0.2, 0.25) is 5.91 Å². The topological polar surface area (TPSA) is 55.4 Å². The number of esters is 1. The predicted octanol–water partition coefficient (Wildman–Crippen LogP) is 3.14. The summed E-state index contributed by atoms with van der Waals surface area (Å²) < 4.78 is 5.04. The molecule has 5 heteroatoms. The molecule has 0 aliphatic rings. The highest BCUT2D eigenvalue weighted by molar-refractivity contribution is 6.33. The van der Waals surface area contributed by atoms with Gasteiger partial charge in [-0.15, -0.1) is 0 Å². The Morgan fingerprint density at radius 3 is 2.61 bits per heavy atom. The first-order valence-corrected chi connectivity index (χ1v) is 6.19. The quantitative estimate of drug-likeness (QED) is 0.836. The van der Waals surface area contributed by atoms with Crippen molar-refractivity contribution in [1.82, 2.24) is 0 Å². The van der Waals surface area contributed by atoms with Gasteiger partial charge >= 0.3 is 5.97 Å². The molecule has 1 aromatic carbocycles. The van der Waals surface area contributed by atoms with E-state index in [1.54, 1.807) is 32.0 Å². The maximum atomic E-state index is 11.4. The minimum absolute atomic E-state index is 0.104. The van der Waals surface area contributed by atoms with Crippen LogP contribution in [0, 0.1) is 0 Å². The van der Waals surface area contributed by atoms with Crippen LogP contribution < -0.4 is 5.32 Å². The normalized spacial score (nSPS) is 9.94. The van der Waals surface area contributed by atoms with Crippen LogP contribution in [0.15, 0.2) is 18.2 Å². The number of rotatable bonds is 5. The fraction of sp³-hybridized carbons (Fsp3) is 0.385. The van der Waals surface area contributed by atoms with Crippen molar-refractivity contribution >= 4 is 29.2 Å². The lowest BCUT2D eigenvalue weighted by Gasteiger charge is -2.12. The molecule has 0 aliphatic heterocycles. The van der Waals surface area contributed by atoms with Crippen molar-refractivity contribution in [3.63, 3.8) is 0 Å². The van der Waals surface area contributed by atoms with E-state index in [2.05, 4.69) is 5.32 Å². The molecular formula is C13H16ClNO3. The summed E-state index contributed by atoms with van der Waals surface area (Å²) >= 11 is 6.02. The summed E-state index contributed by atoms with van der Waals surface area (Å²) in [7, 11) is 0. The molecule has 0 aliphatic carbocycles. The number of amides is 1. The summed E-state index contributed by atoms with van der Waals surface area (Å²) in [6, 6.07) is 5.19. The first-order valence-electron chi connectivity index (χ1n) is 5.81. The maximum absolute atomic E-state index is 11.4. The molecule has 1 aromatic rings. The number of nitrogens with one attached hydrogen (secondary N) is 1. The first kappa shape index (κ1) is 14.5. The Bertz CT molecular complexity index is 446. The summed E-state index contributed by atoms with van der Waals surface area (Å²) in [6.07, 6.45) is 0.677. The molecule has 0 fully saturated rings. The van der Waals surface area contributed by atoms with Crippen LogP contribution in [0.3, 0.4) is 0 Å². The summed E-state index contributed by atoms with van der Waals surface area (Å²) in [5.41, 5.74) is 1.20. The molecule has 0 atom stereocenters. The van der Waals surface area contributed by atoms with Gasteiger partial charge in [-0.2, -0.15) is 0 Å². The maximum Gasteiger partial charge on any atom is 0.305 e. The molecule has 1 amide bonds. The van der Waals surface area contributed by atoms with Gasteiger partial charge < -0.3 is 10.1 Å². The monoisotopic (exact) mass is 269 g/mol. The molecule has 0 unspecified atom stereocenters. The lowest BCUT2D eigenvalue weighted by molar-refractivity contribution is -0.144. The molecule has 1 rings (SSSR count). The van der Waals surface area contributed by atoms with Crippen molar-refractivity contribution in [1.29, 1.82) is 0 Å². The molecule has 0 aromatic heterocycles. The van der Waals surface area contributed by atoms with Crippen molar-refractivity contribution < 1.29 is 14.3 Å². The molecule has 0 spiro atoms. The largest absolute Gasteiger partial charge is 0.461 e. The number of benzene rings is 1. The SMILES string of the molecule is CCC(=O)Nc1c(Cl)cccc1COC(=O)CC. The third-order valence-corrected chi connectivity index (χ3v) is 2.68. The fourth-order valence-corrected chi connectivity index (χ4v) is 1.56. The Morgan fingerprint density at radius 2 is 2.00 bits per heavy atom. The lowest BCUT2D eigenvalue weighted by Crippen LogP contribution is -2.13. The van der Waals surface area contributed by atoms with Crippen LogP contribution in [0.4, 0.5) is 5.69 Å². The van der Waals surface area contributed by atoms with E-state index < -0.39 is 0 Å². The van der Waals surface area contributed by atoms with E-state index in [9.17, 15) is 9.59 Å². The van der Waals surface area contributed by atoms with Gasteiger partial charge in [-0.1, -0.05) is 37.6 Å². The summed E-state index contributed by atoms with van der Waals surface area (Å²) in [4.78, 5) is 22.5. The lowest BCUT2D eigenvalue weighted by atomic mass is 10.2. The second-order valence-corrected chi connectivity index (χ2v) is 4.10. The number of carbonyl (C=O) groups is 2. The average Bonchev–Trinajstić information content (AvgIpc) is 2.38. The molecule has 1 N–H and O–H groups in total. The summed E-state index contributed by atoms with van der Waals surface area (Å²) in [5, 5.41) is 3.14. The Labute approximate surface area is 111 Å². The smallest absolute Gasteiger partial charge is 0.305 e. The Hall–Kier alpha value is -1.55. The standard InChI is InChI=1S/C13H16ClNO3/c1-3-11(16)15-13-9(6-5-7-10(13)14)8-18-12(17)4-2/h5-7H,3-4,8H2,1-2H3,(H,15,16). The van der Waals surface area contributed by atoms with Gasteiger partial charge in [0.05, 0.1) is 10.7 Å². The Kier molecular flexibility index (Phi) is 5.65. The summed E-state index contributed by atoms with van der Waals surface area (Å²) in [5.74, 6) is -0.422. The van der Waals surface area contributed by atoms with Gasteiger partial charge in [-0.3, -0.25) is 9.59 Å². The van der Waals surface area contributed by atoms with Crippen LogP contribution in [-0.2, 0) is 20.9 Å². The van der Waals surface area contributed by atoms with E-state index in [0.717, 1.165) is 0 Å². The predicted molar refractivity (Wildman–Crippen MR) is 70.5 cm³/mol. The molecule has 0 saturated heterocycles. The highest BCUT2D eigenvalue weighted by Gasteiger charge is 2.11.